The number of hydrogen-bond acceptors (Lipinski definition) is 5. The van der Waals surface area contributed by atoms with E-state index in [1.54, 1.807) is 0 Å². The van der Waals surface area contributed by atoms with Gasteiger partial charge >= 0.3 is 0 Å². The zero-order chi connectivity index (χ0) is 15.2. The molecule has 0 unspecified atom stereocenters. The lowest BCUT2D eigenvalue weighted by Gasteiger charge is -2.33. The monoisotopic (exact) mass is 300 g/mol. The van der Waals surface area contributed by atoms with Crippen LogP contribution >= 0.6 is 0 Å². The van der Waals surface area contributed by atoms with Crippen LogP contribution < -0.4 is 5.32 Å². The van der Waals surface area contributed by atoms with Crippen molar-refractivity contribution in [1.82, 2.24) is 20.4 Å². The average molecular weight is 300 g/mol. The molecule has 0 bridgehead atoms. The van der Waals surface area contributed by atoms with Crippen LogP contribution in [0.3, 0.4) is 0 Å². The van der Waals surface area contributed by atoms with E-state index in [9.17, 15) is 0 Å². The second-order valence-electron chi connectivity index (χ2n) is 5.83. The second kappa shape index (κ2) is 7.51. The third kappa shape index (κ3) is 3.72. The van der Waals surface area contributed by atoms with Crippen LogP contribution in [-0.2, 0) is 6.54 Å². The fourth-order valence-corrected chi connectivity index (χ4v) is 3.05. The van der Waals surface area contributed by atoms with Gasteiger partial charge in [-0.05, 0) is 51.0 Å². The lowest BCUT2D eigenvalue weighted by Crippen LogP contribution is -2.43. The Morgan fingerprint density at radius 2 is 2.00 bits per heavy atom. The molecule has 1 aromatic heterocycles. The molecule has 5 nitrogen and oxygen atoms in total. The zero-order valence-electron chi connectivity index (χ0n) is 13.2. The Balaban J connectivity index is 1.69. The van der Waals surface area contributed by atoms with E-state index < -0.39 is 0 Å². The van der Waals surface area contributed by atoms with Crippen molar-refractivity contribution in [3.05, 3.63) is 36.2 Å². The van der Waals surface area contributed by atoms with E-state index in [1.807, 2.05) is 30.3 Å². The minimum Gasteiger partial charge on any atom is -0.334 e. The van der Waals surface area contributed by atoms with Gasteiger partial charge in [-0.3, -0.25) is 4.90 Å². The first kappa shape index (κ1) is 15.2. The number of hydrogen-bond donors (Lipinski definition) is 1. The molecule has 118 valence electrons. The van der Waals surface area contributed by atoms with Gasteiger partial charge in [0.2, 0.25) is 0 Å². The number of aromatic nitrogens is 2. The molecule has 1 aliphatic rings. The SMILES string of the molecule is CCCN(Cc1noc(-c2ccccc2)n1)C1CCNCC1. The summed E-state index contributed by atoms with van der Waals surface area (Å²) in [7, 11) is 0. The Kier molecular flexibility index (Phi) is 5.19. The number of nitrogens with one attached hydrogen (secondary N) is 1. The van der Waals surface area contributed by atoms with Crippen LogP contribution in [0, 0.1) is 0 Å². The molecule has 0 spiro atoms. The second-order valence-corrected chi connectivity index (χ2v) is 5.83. The molecule has 0 aliphatic carbocycles. The molecular weight excluding hydrogens is 276 g/mol. The Bertz CT molecular complexity index is 563. The summed E-state index contributed by atoms with van der Waals surface area (Å²) in [6.45, 7) is 6.28. The predicted octanol–water partition coefficient (Wildman–Crippen LogP) is 2.70. The van der Waals surface area contributed by atoms with Crippen molar-refractivity contribution in [1.29, 1.82) is 0 Å². The molecule has 1 saturated heterocycles. The van der Waals surface area contributed by atoms with Crippen molar-refractivity contribution in [3.63, 3.8) is 0 Å². The molecule has 3 rings (SSSR count). The van der Waals surface area contributed by atoms with E-state index in [0.717, 1.165) is 44.0 Å². The van der Waals surface area contributed by atoms with Crippen molar-refractivity contribution < 1.29 is 4.52 Å². The van der Waals surface area contributed by atoms with E-state index in [4.69, 9.17) is 4.52 Å². The summed E-state index contributed by atoms with van der Waals surface area (Å²) in [4.78, 5) is 7.06. The maximum absolute atomic E-state index is 5.42. The van der Waals surface area contributed by atoms with Gasteiger partial charge in [0.15, 0.2) is 5.82 Å². The number of rotatable bonds is 6. The maximum atomic E-state index is 5.42. The summed E-state index contributed by atoms with van der Waals surface area (Å²) in [6.07, 6.45) is 3.54. The van der Waals surface area contributed by atoms with Crippen molar-refractivity contribution in [3.8, 4) is 11.5 Å². The fraction of sp³-hybridized carbons (Fsp3) is 0.529. The first-order chi connectivity index (χ1) is 10.9. The lowest BCUT2D eigenvalue weighted by molar-refractivity contribution is 0.149. The molecule has 2 heterocycles. The van der Waals surface area contributed by atoms with Crippen LogP contribution in [-0.4, -0.2) is 40.7 Å². The van der Waals surface area contributed by atoms with E-state index in [1.165, 1.54) is 12.8 Å². The molecule has 0 radical (unpaired) electrons. The first-order valence-corrected chi connectivity index (χ1v) is 8.19. The first-order valence-electron chi connectivity index (χ1n) is 8.19. The van der Waals surface area contributed by atoms with Crippen molar-refractivity contribution in [2.75, 3.05) is 19.6 Å². The Morgan fingerprint density at radius 1 is 1.23 bits per heavy atom. The minimum atomic E-state index is 0.609. The van der Waals surface area contributed by atoms with Gasteiger partial charge in [-0.1, -0.05) is 30.3 Å². The van der Waals surface area contributed by atoms with E-state index in [0.29, 0.717) is 11.9 Å². The summed E-state index contributed by atoms with van der Waals surface area (Å²) in [5, 5.41) is 7.59. The average Bonchev–Trinajstić information content (AvgIpc) is 3.05. The fourth-order valence-electron chi connectivity index (χ4n) is 3.05. The Labute approximate surface area is 131 Å². The number of piperidine rings is 1. The topological polar surface area (TPSA) is 54.2 Å². The minimum absolute atomic E-state index is 0.609. The molecule has 22 heavy (non-hydrogen) atoms. The van der Waals surface area contributed by atoms with Crippen molar-refractivity contribution >= 4 is 0 Å². The van der Waals surface area contributed by atoms with Crippen LogP contribution in [0.4, 0.5) is 0 Å². The lowest BCUT2D eigenvalue weighted by atomic mass is 10.0. The summed E-state index contributed by atoms with van der Waals surface area (Å²) in [6, 6.07) is 10.6. The van der Waals surface area contributed by atoms with Crippen molar-refractivity contribution in [2.45, 2.75) is 38.8 Å². The Morgan fingerprint density at radius 3 is 2.73 bits per heavy atom. The van der Waals surface area contributed by atoms with E-state index >= 15 is 0 Å². The number of benzene rings is 1. The number of nitrogens with zero attached hydrogens (tertiary/aromatic N) is 3. The van der Waals surface area contributed by atoms with Gasteiger partial charge < -0.3 is 9.84 Å². The van der Waals surface area contributed by atoms with Gasteiger partial charge in [-0.15, -0.1) is 0 Å². The van der Waals surface area contributed by atoms with Crippen molar-refractivity contribution in [2.24, 2.45) is 0 Å². The van der Waals surface area contributed by atoms with Gasteiger partial charge in [-0.25, -0.2) is 0 Å². The van der Waals surface area contributed by atoms with Crippen LogP contribution in [0.15, 0.2) is 34.9 Å². The van der Waals surface area contributed by atoms with Crippen LogP contribution in [0.25, 0.3) is 11.5 Å². The summed E-state index contributed by atoms with van der Waals surface area (Å²) in [5.74, 6) is 1.39. The quantitative estimate of drug-likeness (QED) is 0.889. The van der Waals surface area contributed by atoms with Crippen LogP contribution in [0.1, 0.15) is 32.0 Å². The van der Waals surface area contributed by atoms with E-state index in [2.05, 4.69) is 27.3 Å². The highest BCUT2D eigenvalue weighted by Gasteiger charge is 2.22. The van der Waals surface area contributed by atoms with Gasteiger partial charge in [0, 0.05) is 11.6 Å². The maximum Gasteiger partial charge on any atom is 0.257 e. The molecule has 2 aromatic rings. The molecule has 0 atom stereocenters. The molecule has 1 fully saturated rings. The standard InChI is InChI=1S/C17H24N4O/c1-2-12-21(15-8-10-18-11-9-15)13-16-19-17(22-20-16)14-6-4-3-5-7-14/h3-7,15,18H,2,8-13H2,1H3. The molecular formula is C17H24N4O. The van der Waals surface area contributed by atoms with Gasteiger partial charge in [-0.2, -0.15) is 4.98 Å². The molecule has 0 amide bonds. The van der Waals surface area contributed by atoms with E-state index in [-0.39, 0.29) is 0 Å². The van der Waals surface area contributed by atoms with Crippen LogP contribution in [0.5, 0.6) is 0 Å². The molecule has 0 saturated carbocycles. The Hall–Kier alpha value is -1.72. The summed E-state index contributed by atoms with van der Waals surface area (Å²) < 4.78 is 5.42. The molecule has 1 aliphatic heterocycles. The highest BCUT2D eigenvalue weighted by atomic mass is 16.5. The smallest absolute Gasteiger partial charge is 0.257 e. The largest absolute Gasteiger partial charge is 0.334 e. The zero-order valence-corrected chi connectivity index (χ0v) is 13.2. The predicted molar refractivity (Wildman–Crippen MR) is 86.3 cm³/mol. The van der Waals surface area contributed by atoms with Gasteiger partial charge in [0.25, 0.3) is 5.89 Å². The highest BCUT2D eigenvalue weighted by molar-refractivity contribution is 5.51. The third-order valence-corrected chi connectivity index (χ3v) is 4.17. The third-order valence-electron chi connectivity index (χ3n) is 4.17. The summed E-state index contributed by atoms with van der Waals surface area (Å²) in [5.41, 5.74) is 0.977. The molecule has 1 aromatic carbocycles. The van der Waals surface area contributed by atoms with Gasteiger partial charge in [0.05, 0.1) is 6.54 Å². The van der Waals surface area contributed by atoms with Gasteiger partial charge in [0.1, 0.15) is 0 Å². The highest BCUT2D eigenvalue weighted by Crippen LogP contribution is 2.19. The van der Waals surface area contributed by atoms with Crippen LogP contribution in [0.2, 0.25) is 0 Å². The molecule has 1 N–H and O–H groups in total. The normalized spacial score (nSPS) is 16.3. The summed E-state index contributed by atoms with van der Waals surface area (Å²) >= 11 is 0. The molecule has 5 heteroatoms.